The fourth-order valence-electron chi connectivity index (χ4n) is 2.32. The smallest absolute Gasteiger partial charge is 0.266 e. The molecule has 0 unspecified atom stereocenters. The molecule has 1 aromatic carbocycles. The number of aryl methyl sites for hydroxylation is 2. The van der Waals surface area contributed by atoms with E-state index < -0.39 is 10.0 Å². The molecule has 0 amide bonds. The molecule has 0 saturated heterocycles. The highest BCUT2D eigenvalue weighted by atomic mass is 32.2. The monoisotopic (exact) mass is 375 g/mol. The molecule has 0 aliphatic heterocycles. The number of benzene rings is 1. The van der Waals surface area contributed by atoms with Crippen LogP contribution < -0.4 is 10.3 Å². The van der Waals surface area contributed by atoms with Crippen molar-refractivity contribution in [1.82, 2.24) is 14.5 Å². The Morgan fingerprint density at radius 1 is 1.20 bits per heavy atom. The molecule has 2 heterocycles. The maximum atomic E-state index is 12.5. The molecule has 6 nitrogen and oxygen atoms in total. The van der Waals surface area contributed by atoms with E-state index in [9.17, 15) is 13.2 Å². The Kier molecular flexibility index (Phi) is 4.85. The predicted octanol–water partition coefficient (Wildman–Crippen LogP) is 2.30. The van der Waals surface area contributed by atoms with Crippen molar-refractivity contribution in [2.75, 3.05) is 0 Å². The standard InChI is InChI=1S/C17H17N3O3S2/c1-12-4-3-5-13(8-12)10-18-25(22,23)17-9-14(11-24-17)15-6-7-16(21)20(2)19-15/h3-9,11,18H,10H2,1-2H3. The second-order valence-corrected chi connectivity index (χ2v) is 8.55. The van der Waals surface area contributed by atoms with Crippen molar-refractivity contribution in [3.8, 4) is 11.3 Å². The summed E-state index contributed by atoms with van der Waals surface area (Å²) in [4.78, 5) is 11.4. The normalized spacial score (nSPS) is 11.6. The fraction of sp³-hybridized carbons (Fsp3) is 0.176. The SMILES string of the molecule is Cc1cccc(CNS(=O)(=O)c2cc(-c3ccc(=O)n(C)n3)cs2)c1. The summed E-state index contributed by atoms with van der Waals surface area (Å²) in [6.07, 6.45) is 0. The lowest BCUT2D eigenvalue weighted by atomic mass is 10.1. The maximum Gasteiger partial charge on any atom is 0.266 e. The lowest BCUT2D eigenvalue weighted by Crippen LogP contribution is -2.22. The minimum absolute atomic E-state index is 0.214. The van der Waals surface area contributed by atoms with Crippen LogP contribution in [0.4, 0.5) is 0 Å². The Bertz CT molecular complexity index is 1070. The van der Waals surface area contributed by atoms with Gasteiger partial charge in [0.15, 0.2) is 0 Å². The molecule has 0 atom stereocenters. The zero-order valence-electron chi connectivity index (χ0n) is 13.8. The summed E-state index contributed by atoms with van der Waals surface area (Å²) >= 11 is 1.12. The molecular weight excluding hydrogens is 358 g/mol. The topological polar surface area (TPSA) is 81.1 Å². The van der Waals surface area contributed by atoms with Crippen molar-refractivity contribution in [3.05, 3.63) is 69.3 Å². The van der Waals surface area contributed by atoms with Gasteiger partial charge in [-0.15, -0.1) is 11.3 Å². The van der Waals surface area contributed by atoms with Crippen molar-refractivity contribution in [2.24, 2.45) is 7.05 Å². The summed E-state index contributed by atoms with van der Waals surface area (Å²) < 4.78 is 29.0. The van der Waals surface area contributed by atoms with Crippen LogP contribution in [0.5, 0.6) is 0 Å². The molecule has 3 rings (SSSR count). The average molecular weight is 375 g/mol. The van der Waals surface area contributed by atoms with Gasteiger partial charge in [0.05, 0.1) is 5.69 Å². The van der Waals surface area contributed by atoms with Gasteiger partial charge in [0.25, 0.3) is 5.56 Å². The van der Waals surface area contributed by atoms with E-state index in [4.69, 9.17) is 0 Å². The Morgan fingerprint density at radius 2 is 2.00 bits per heavy atom. The molecule has 0 fully saturated rings. The third kappa shape index (κ3) is 4.04. The third-order valence-corrected chi connectivity index (χ3v) is 6.49. The van der Waals surface area contributed by atoms with Gasteiger partial charge in [-0.05, 0) is 24.6 Å². The largest absolute Gasteiger partial charge is 0.268 e. The summed E-state index contributed by atoms with van der Waals surface area (Å²) in [6.45, 7) is 2.19. The number of rotatable bonds is 5. The first-order valence-electron chi connectivity index (χ1n) is 7.54. The van der Waals surface area contributed by atoms with E-state index in [1.807, 2.05) is 31.2 Å². The van der Waals surface area contributed by atoms with Crippen LogP contribution in [0.2, 0.25) is 0 Å². The lowest BCUT2D eigenvalue weighted by Gasteiger charge is -2.05. The number of hydrogen-bond donors (Lipinski definition) is 1. The first kappa shape index (κ1) is 17.5. The van der Waals surface area contributed by atoms with Gasteiger partial charge in [0.1, 0.15) is 4.21 Å². The number of hydrogen-bond acceptors (Lipinski definition) is 5. The molecule has 0 spiro atoms. The lowest BCUT2D eigenvalue weighted by molar-refractivity contribution is 0.583. The summed E-state index contributed by atoms with van der Waals surface area (Å²) in [6, 6.07) is 12.2. The molecule has 0 radical (unpaired) electrons. The van der Waals surface area contributed by atoms with E-state index >= 15 is 0 Å². The van der Waals surface area contributed by atoms with E-state index in [0.29, 0.717) is 11.3 Å². The molecule has 0 aliphatic carbocycles. The van der Waals surface area contributed by atoms with Gasteiger partial charge in [-0.25, -0.2) is 17.8 Å². The fourth-order valence-corrected chi connectivity index (χ4v) is 4.56. The number of sulfonamides is 1. The highest BCUT2D eigenvalue weighted by Gasteiger charge is 2.17. The highest BCUT2D eigenvalue weighted by Crippen LogP contribution is 2.26. The van der Waals surface area contributed by atoms with Gasteiger partial charge in [-0.2, -0.15) is 5.10 Å². The predicted molar refractivity (Wildman–Crippen MR) is 98.0 cm³/mol. The summed E-state index contributed by atoms with van der Waals surface area (Å²) in [5, 5.41) is 5.85. The quantitative estimate of drug-likeness (QED) is 0.742. The van der Waals surface area contributed by atoms with E-state index in [1.54, 1.807) is 24.6 Å². The molecule has 25 heavy (non-hydrogen) atoms. The Hall–Kier alpha value is -2.29. The Labute approximate surface area is 149 Å². The second-order valence-electron chi connectivity index (χ2n) is 5.65. The van der Waals surface area contributed by atoms with E-state index in [0.717, 1.165) is 22.5 Å². The number of thiophene rings is 1. The van der Waals surface area contributed by atoms with Crippen LogP contribution in [0.3, 0.4) is 0 Å². The van der Waals surface area contributed by atoms with E-state index in [1.165, 1.54) is 10.7 Å². The molecule has 0 bridgehead atoms. The van der Waals surface area contributed by atoms with Crippen molar-refractivity contribution in [1.29, 1.82) is 0 Å². The molecule has 3 aromatic rings. The van der Waals surface area contributed by atoms with Crippen LogP contribution in [0, 0.1) is 6.92 Å². The van der Waals surface area contributed by atoms with Crippen LogP contribution in [-0.4, -0.2) is 18.2 Å². The Morgan fingerprint density at radius 3 is 2.72 bits per heavy atom. The zero-order chi connectivity index (χ0) is 18.0. The van der Waals surface area contributed by atoms with Crippen LogP contribution in [-0.2, 0) is 23.6 Å². The number of nitrogens with one attached hydrogen (secondary N) is 1. The van der Waals surface area contributed by atoms with E-state index in [2.05, 4.69) is 9.82 Å². The first-order valence-corrected chi connectivity index (χ1v) is 9.90. The first-order chi connectivity index (χ1) is 11.8. The van der Waals surface area contributed by atoms with Crippen molar-refractivity contribution < 1.29 is 8.42 Å². The van der Waals surface area contributed by atoms with Crippen LogP contribution in [0.1, 0.15) is 11.1 Å². The molecule has 0 aliphatic rings. The van der Waals surface area contributed by atoms with Gasteiger partial charge >= 0.3 is 0 Å². The minimum atomic E-state index is -3.60. The molecule has 1 N–H and O–H groups in total. The van der Waals surface area contributed by atoms with Crippen molar-refractivity contribution >= 4 is 21.4 Å². The second kappa shape index (κ2) is 6.91. The van der Waals surface area contributed by atoms with Crippen LogP contribution in [0.15, 0.2) is 56.8 Å². The average Bonchev–Trinajstić information content (AvgIpc) is 3.07. The van der Waals surface area contributed by atoms with Gasteiger partial charge < -0.3 is 0 Å². The van der Waals surface area contributed by atoms with E-state index in [-0.39, 0.29) is 16.3 Å². The summed E-state index contributed by atoms with van der Waals surface area (Å²) in [5.74, 6) is 0. The third-order valence-electron chi connectivity index (χ3n) is 3.65. The Balaban J connectivity index is 1.80. The maximum absolute atomic E-state index is 12.5. The molecule has 8 heteroatoms. The summed E-state index contributed by atoms with van der Waals surface area (Å²) in [5.41, 5.74) is 2.98. The highest BCUT2D eigenvalue weighted by molar-refractivity contribution is 7.91. The molecule has 0 saturated carbocycles. The minimum Gasteiger partial charge on any atom is -0.268 e. The molecule has 2 aromatic heterocycles. The van der Waals surface area contributed by atoms with Gasteiger partial charge in [-0.3, -0.25) is 4.79 Å². The number of nitrogens with zero attached hydrogens (tertiary/aromatic N) is 2. The molecule has 130 valence electrons. The van der Waals surface area contributed by atoms with Crippen LogP contribution in [0.25, 0.3) is 11.3 Å². The summed E-state index contributed by atoms with van der Waals surface area (Å²) in [7, 11) is -2.05. The zero-order valence-corrected chi connectivity index (χ0v) is 15.4. The van der Waals surface area contributed by atoms with Gasteiger partial charge in [0.2, 0.25) is 10.0 Å². The van der Waals surface area contributed by atoms with Gasteiger partial charge in [-0.1, -0.05) is 29.8 Å². The van der Waals surface area contributed by atoms with Gasteiger partial charge in [0, 0.05) is 30.6 Å². The van der Waals surface area contributed by atoms with Crippen molar-refractivity contribution in [3.63, 3.8) is 0 Å². The molecular formula is C17H17N3O3S2. The number of aromatic nitrogens is 2. The van der Waals surface area contributed by atoms with Crippen molar-refractivity contribution in [2.45, 2.75) is 17.7 Å². The van der Waals surface area contributed by atoms with Crippen LogP contribution >= 0.6 is 11.3 Å².